The fraction of sp³-hybridized carbons (Fsp3) is 0.600. The molecule has 7 heteroatoms. The van der Waals surface area contributed by atoms with Crippen molar-refractivity contribution in [3.63, 3.8) is 0 Å². The summed E-state index contributed by atoms with van der Waals surface area (Å²) in [5, 5.41) is 0. The number of rotatable bonds is 5. The second-order valence-corrected chi connectivity index (χ2v) is 7.52. The van der Waals surface area contributed by atoms with Crippen LogP contribution in [0.25, 0.3) is 0 Å². The maximum absolute atomic E-state index is 12.5. The standard InChI is InChI=1S/C15H22N2O4S/c1-12(11-17-5-8-20-9-6-17)16-22(18,19)14-2-3-15-13(10-14)4-7-21-15/h2-3,10,12,16H,4-9,11H2,1H3/t12-/m1/s1. The molecule has 2 aliphatic heterocycles. The van der Waals surface area contributed by atoms with Crippen molar-refractivity contribution in [1.29, 1.82) is 0 Å². The molecule has 0 radical (unpaired) electrons. The zero-order valence-corrected chi connectivity index (χ0v) is 13.6. The van der Waals surface area contributed by atoms with Crippen LogP contribution in [0.3, 0.4) is 0 Å². The molecule has 1 aromatic rings. The molecule has 1 atom stereocenters. The van der Waals surface area contributed by atoms with E-state index in [4.69, 9.17) is 9.47 Å². The Hall–Kier alpha value is -1.15. The summed E-state index contributed by atoms with van der Waals surface area (Å²) in [4.78, 5) is 2.53. The van der Waals surface area contributed by atoms with Crippen LogP contribution < -0.4 is 9.46 Å². The molecule has 0 aromatic heterocycles. The summed E-state index contributed by atoms with van der Waals surface area (Å²) in [5.74, 6) is 0.792. The van der Waals surface area contributed by atoms with Gasteiger partial charge >= 0.3 is 0 Å². The van der Waals surface area contributed by atoms with E-state index in [1.807, 2.05) is 6.92 Å². The molecule has 0 spiro atoms. The Balaban J connectivity index is 1.65. The minimum Gasteiger partial charge on any atom is -0.493 e. The van der Waals surface area contributed by atoms with Crippen molar-refractivity contribution in [3.8, 4) is 5.75 Å². The van der Waals surface area contributed by atoms with E-state index in [1.54, 1.807) is 18.2 Å². The zero-order valence-electron chi connectivity index (χ0n) is 12.7. The van der Waals surface area contributed by atoms with Crippen molar-refractivity contribution in [2.24, 2.45) is 0 Å². The van der Waals surface area contributed by atoms with Gasteiger partial charge in [-0.15, -0.1) is 0 Å². The number of nitrogens with zero attached hydrogens (tertiary/aromatic N) is 1. The first-order chi connectivity index (χ1) is 10.5. The number of hydrogen-bond acceptors (Lipinski definition) is 5. The van der Waals surface area contributed by atoms with Crippen LogP contribution in [-0.4, -0.2) is 58.8 Å². The van der Waals surface area contributed by atoms with Crippen LogP contribution in [0, 0.1) is 0 Å². The largest absolute Gasteiger partial charge is 0.493 e. The number of ether oxygens (including phenoxy) is 2. The number of morpholine rings is 1. The predicted molar refractivity (Wildman–Crippen MR) is 82.7 cm³/mol. The van der Waals surface area contributed by atoms with Crippen molar-refractivity contribution in [3.05, 3.63) is 23.8 Å². The topological polar surface area (TPSA) is 67.9 Å². The lowest BCUT2D eigenvalue weighted by Gasteiger charge is -2.29. The Morgan fingerprint density at radius 3 is 2.82 bits per heavy atom. The van der Waals surface area contributed by atoms with Gasteiger partial charge in [-0.05, 0) is 30.7 Å². The Morgan fingerprint density at radius 1 is 1.27 bits per heavy atom. The molecule has 0 unspecified atom stereocenters. The number of benzene rings is 1. The maximum Gasteiger partial charge on any atom is 0.240 e. The quantitative estimate of drug-likeness (QED) is 0.859. The Labute approximate surface area is 131 Å². The number of nitrogens with one attached hydrogen (secondary N) is 1. The number of fused-ring (bicyclic) bond motifs is 1. The van der Waals surface area contributed by atoms with Crippen LogP contribution >= 0.6 is 0 Å². The van der Waals surface area contributed by atoms with Crippen LogP contribution in [0.1, 0.15) is 12.5 Å². The van der Waals surface area contributed by atoms with Crippen LogP contribution in [-0.2, 0) is 21.2 Å². The van der Waals surface area contributed by atoms with Crippen LogP contribution in [0.4, 0.5) is 0 Å². The minimum absolute atomic E-state index is 0.146. The van der Waals surface area contributed by atoms with Gasteiger partial charge in [0.05, 0.1) is 24.7 Å². The highest BCUT2D eigenvalue weighted by Crippen LogP contribution is 2.27. The monoisotopic (exact) mass is 326 g/mol. The minimum atomic E-state index is -3.50. The molecule has 1 saturated heterocycles. The van der Waals surface area contributed by atoms with Gasteiger partial charge in [0, 0.05) is 32.1 Å². The highest BCUT2D eigenvalue weighted by atomic mass is 32.2. The average molecular weight is 326 g/mol. The average Bonchev–Trinajstić information content (AvgIpc) is 2.95. The fourth-order valence-corrected chi connectivity index (χ4v) is 4.16. The zero-order chi connectivity index (χ0) is 15.6. The van der Waals surface area contributed by atoms with E-state index < -0.39 is 10.0 Å². The molecule has 3 rings (SSSR count). The molecule has 2 aliphatic rings. The first-order valence-corrected chi connectivity index (χ1v) is 9.11. The van der Waals surface area contributed by atoms with E-state index in [0.717, 1.165) is 30.8 Å². The summed E-state index contributed by atoms with van der Waals surface area (Å²) in [6.45, 7) is 6.33. The van der Waals surface area contributed by atoms with Gasteiger partial charge in [0.1, 0.15) is 5.75 Å². The second-order valence-electron chi connectivity index (χ2n) is 5.80. The van der Waals surface area contributed by atoms with Gasteiger partial charge in [-0.3, -0.25) is 4.90 Å². The third-order valence-electron chi connectivity index (χ3n) is 3.96. The molecule has 22 heavy (non-hydrogen) atoms. The van der Waals surface area contributed by atoms with E-state index in [-0.39, 0.29) is 6.04 Å². The first kappa shape index (κ1) is 15.7. The predicted octanol–water partition coefficient (Wildman–Crippen LogP) is 0.620. The molecule has 122 valence electrons. The number of sulfonamides is 1. The van der Waals surface area contributed by atoms with Gasteiger partial charge in [-0.1, -0.05) is 0 Å². The van der Waals surface area contributed by atoms with Gasteiger partial charge in [0.2, 0.25) is 10.0 Å². The van der Waals surface area contributed by atoms with Crippen molar-refractivity contribution in [2.75, 3.05) is 39.5 Å². The fourth-order valence-electron chi connectivity index (χ4n) is 2.87. The molecule has 0 saturated carbocycles. The lowest BCUT2D eigenvalue weighted by Crippen LogP contribution is -2.45. The van der Waals surface area contributed by atoms with Crippen LogP contribution in [0.15, 0.2) is 23.1 Å². The van der Waals surface area contributed by atoms with Crippen molar-refractivity contribution in [2.45, 2.75) is 24.3 Å². The van der Waals surface area contributed by atoms with E-state index in [1.165, 1.54) is 0 Å². The molecule has 1 N–H and O–H groups in total. The van der Waals surface area contributed by atoms with Crippen LogP contribution in [0.2, 0.25) is 0 Å². The SMILES string of the molecule is C[C@H](CN1CCOCC1)NS(=O)(=O)c1ccc2c(c1)CCO2. The van der Waals surface area contributed by atoms with Crippen molar-refractivity contribution >= 4 is 10.0 Å². The summed E-state index contributed by atoms with van der Waals surface area (Å²) >= 11 is 0. The highest BCUT2D eigenvalue weighted by molar-refractivity contribution is 7.89. The Bertz CT molecular complexity index is 626. The molecule has 6 nitrogen and oxygen atoms in total. The van der Waals surface area contributed by atoms with Crippen molar-refractivity contribution < 1.29 is 17.9 Å². The Kier molecular flexibility index (Phi) is 4.67. The van der Waals surface area contributed by atoms with E-state index in [9.17, 15) is 8.42 Å². The molecule has 0 aliphatic carbocycles. The summed E-state index contributed by atoms with van der Waals surface area (Å²) in [5.41, 5.74) is 0.962. The molecule has 0 bridgehead atoms. The van der Waals surface area contributed by atoms with Gasteiger partial charge < -0.3 is 9.47 Å². The first-order valence-electron chi connectivity index (χ1n) is 7.63. The summed E-state index contributed by atoms with van der Waals surface area (Å²) in [7, 11) is -3.50. The van der Waals surface area contributed by atoms with E-state index in [0.29, 0.717) is 31.3 Å². The molecule has 0 amide bonds. The van der Waals surface area contributed by atoms with Gasteiger partial charge in [0.15, 0.2) is 0 Å². The molecule has 2 heterocycles. The molecule has 1 aromatic carbocycles. The normalized spacial score (nSPS) is 20.4. The van der Waals surface area contributed by atoms with Gasteiger partial charge in [0.25, 0.3) is 0 Å². The molecular weight excluding hydrogens is 304 g/mol. The van der Waals surface area contributed by atoms with Gasteiger partial charge in [-0.25, -0.2) is 13.1 Å². The summed E-state index contributed by atoms with van der Waals surface area (Å²) in [6.07, 6.45) is 0.766. The summed E-state index contributed by atoms with van der Waals surface area (Å²) in [6, 6.07) is 4.91. The van der Waals surface area contributed by atoms with Crippen LogP contribution in [0.5, 0.6) is 5.75 Å². The second kappa shape index (κ2) is 6.54. The smallest absolute Gasteiger partial charge is 0.240 e. The molecule has 1 fully saturated rings. The maximum atomic E-state index is 12.5. The number of hydrogen-bond donors (Lipinski definition) is 1. The molecular formula is C15H22N2O4S. The van der Waals surface area contributed by atoms with Crippen molar-refractivity contribution in [1.82, 2.24) is 9.62 Å². The third kappa shape index (κ3) is 3.60. The lowest BCUT2D eigenvalue weighted by molar-refractivity contribution is 0.0354. The van der Waals surface area contributed by atoms with Gasteiger partial charge in [-0.2, -0.15) is 0 Å². The Morgan fingerprint density at radius 2 is 2.05 bits per heavy atom. The van der Waals surface area contributed by atoms with E-state index >= 15 is 0 Å². The summed E-state index contributed by atoms with van der Waals surface area (Å²) < 4.78 is 38.5. The van der Waals surface area contributed by atoms with E-state index in [2.05, 4.69) is 9.62 Å². The lowest BCUT2D eigenvalue weighted by atomic mass is 10.2. The highest BCUT2D eigenvalue weighted by Gasteiger charge is 2.22. The third-order valence-corrected chi connectivity index (χ3v) is 5.55.